The van der Waals surface area contributed by atoms with Gasteiger partial charge in [-0.2, -0.15) is 0 Å². The van der Waals surface area contributed by atoms with Gasteiger partial charge in [-0.3, -0.25) is 0 Å². The highest BCUT2D eigenvalue weighted by molar-refractivity contribution is 5.86. The van der Waals surface area contributed by atoms with Gasteiger partial charge in [0.2, 0.25) is 0 Å². The molecule has 0 radical (unpaired) electrons. The Hall–Kier alpha value is -2.69. The number of fused-ring (bicyclic) bond motifs is 1. The van der Waals surface area contributed by atoms with Gasteiger partial charge in [0.15, 0.2) is 5.65 Å². The summed E-state index contributed by atoms with van der Waals surface area (Å²) in [5, 5.41) is 1.04. The molecule has 5 heteroatoms. The number of methoxy groups -OCH3 is 1. The predicted molar refractivity (Wildman–Crippen MR) is 99.1 cm³/mol. The number of pyridine rings is 1. The highest BCUT2D eigenvalue weighted by Crippen LogP contribution is 2.29. The maximum absolute atomic E-state index is 5.24. The zero-order valence-electron chi connectivity index (χ0n) is 14.6. The Balaban J connectivity index is 1.52. The molecule has 3 heterocycles. The van der Waals surface area contributed by atoms with Gasteiger partial charge >= 0.3 is 0 Å². The molecule has 1 aliphatic rings. The van der Waals surface area contributed by atoms with Gasteiger partial charge in [-0.25, -0.2) is 15.0 Å². The molecule has 4 rings (SSSR count). The molecule has 0 saturated carbocycles. The van der Waals surface area contributed by atoms with Crippen molar-refractivity contribution in [3.8, 4) is 5.75 Å². The maximum atomic E-state index is 5.24. The van der Waals surface area contributed by atoms with E-state index in [-0.39, 0.29) is 0 Å². The lowest BCUT2D eigenvalue weighted by Gasteiger charge is -2.19. The normalized spacial score (nSPS) is 17.2. The molecule has 0 amide bonds. The first-order chi connectivity index (χ1) is 12.2. The quantitative estimate of drug-likeness (QED) is 0.732. The lowest BCUT2D eigenvalue weighted by Crippen LogP contribution is -2.22. The van der Waals surface area contributed by atoms with Gasteiger partial charge < -0.3 is 9.64 Å². The van der Waals surface area contributed by atoms with Gasteiger partial charge in [-0.05, 0) is 55.5 Å². The third-order valence-corrected chi connectivity index (χ3v) is 4.83. The Kier molecular flexibility index (Phi) is 4.22. The Bertz CT molecular complexity index is 879. The van der Waals surface area contributed by atoms with Crippen LogP contribution in [0.1, 0.15) is 17.8 Å². The first-order valence-corrected chi connectivity index (χ1v) is 8.70. The van der Waals surface area contributed by atoms with Crippen LogP contribution in [0.25, 0.3) is 11.0 Å². The SMILES string of the molecule is COc1ccc(CC2CCN(c3nc(C)nc4ncccc34)C2)cc1. The Labute approximate surface area is 147 Å². The van der Waals surface area contributed by atoms with Gasteiger partial charge in [0.25, 0.3) is 0 Å². The van der Waals surface area contributed by atoms with E-state index in [2.05, 4.69) is 33.1 Å². The van der Waals surface area contributed by atoms with Crippen LogP contribution in [-0.4, -0.2) is 35.2 Å². The number of aryl methyl sites for hydroxylation is 1. The summed E-state index contributed by atoms with van der Waals surface area (Å²) in [6, 6.07) is 12.4. The minimum Gasteiger partial charge on any atom is -0.497 e. The Morgan fingerprint density at radius 3 is 2.80 bits per heavy atom. The maximum Gasteiger partial charge on any atom is 0.164 e. The summed E-state index contributed by atoms with van der Waals surface area (Å²) in [4.78, 5) is 15.9. The number of hydrogen-bond acceptors (Lipinski definition) is 5. The topological polar surface area (TPSA) is 51.1 Å². The second-order valence-corrected chi connectivity index (χ2v) is 6.62. The highest BCUT2D eigenvalue weighted by Gasteiger charge is 2.25. The van der Waals surface area contributed by atoms with Crippen LogP contribution in [0, 0.1) is 12.8 Å². The number of anilines is 1. The van der Waals surface area contributed by atoms with Crippen molar-refractivity contribution in [2.45, 2.75) is 19.8 Å². The van der Waals surface area contributed by atoms with Crippen LogP contribution in [0.4, 0.5) is 5.82 Å². The molecule has 1 atom stereocenters. The molecule has 25 heavy (non-hydrogen) atoms. The summed E-state index contributed by atoms with van der Waals surface area (Å²) < 4.78 is 5.24. The third-order valence-electron chi connectivity index (χ3n) is 4.83. The molecule has 5 nitrogen and oxygen atoms in total. The smallest absolute Gasteiger partial charge is 0.164 e. The summed E-state index contributed by atoms with van der Waals surface area (Å²) in [6.07, 6.45) is 4.05. The monoisotopic (exact) mass is 334 g/mol. The van der Waals surface area contributed by atoms with Crippen molar-refractivity contribution in [3.05, 3.63) is 54.0 Å². The summed E-state index contributed by atoms with van der Waals surface area (Å²) in [5.74, 6) is 3.34. The third kappa shape index (κ3) is 3.27. The summed E-state index contributed by atoms with van der Waals surface area (Å²) in [6.45, 7) is 3.98. The van der Waals surface area contributed by atoms with E-state index in [1.807, 2.05) is 25.1 Å². The number of hydrogen-bond donors (Lipinski definition) is 0. The van der Waals surface area contributed by atoms with Crippen molar-refractivity contribution in [1.82, 2.24) is 15.0 Å². The highest BCUT2D eigenvalue weighted by atomic mass is 16.5. The lowest BCUT2D eigenvalue weighted by molar-refractivity contribution is 0.414. The van der Waals surface area contributed by atoms with E-state index in [4.69, 9.17) is 9.72 Å². The van der Waals surface area contributed by atoms with Crippen molar-refractivity contribution >= 4 is 16.9 Å². The average Bonchev–Trinajstić information content (AvgIpc) is 3.10. The second-order valence-electron chi connectivity index (χ2n) is 6.62. The van der Waals surface area contributed by atoms with Crippen LogP contribution in [-0.2, 0) is 6.42 Å². The minimum atomic E-state index is 0.635. The van der Waals surface area contributed by atoms with Crippen LogP contribution < -0.4 is 9.64 Å². The molecule has 0 spiro atoms. The fourth-order valence-electron chi connectivity index (χ4n) is 3.58. The molecule has 2 aromatic heterocycles. The van der Waals surface area contributed by atoms with Crippen molar-refractivity contribution in [3.63, 3.8) is 0 Å². The van der Waals surface area contributed by atoms with E-state index in [0.717, 1.165) is 47.9 Å². The molecule has 1 fully saturated rings. The van der Waals surface area contributed by atoms with Crippen LogP contribution >= 0.6 is 0 Å². The van der Waals surface area contributed by atoms with Crippen LogP contribution in [0.5, 0.6) is 5.75 Å². The standard InChI is InChI=1S/C20H22N4O/c1-14-22-19-18(4-3-10-21-19)20(23-14)24-11-9-16(13-24)12-15-5-7-17(25-2)8-6-15/h3-8,10,16H,9,11-13H2,1-2H3. The molecule has 0 aliphatic carbocycles. The van der Waals surface area contributed by atoms with Gasteiger partial charge in [-0.15, -0.1) is 0 Å². The lowest BCUT2D eigenvalue weighted by atomic mass is 9.99. The van der Waals surface area contributed by atoms with Crippen LogP contribution in [0.15, 0.2) is 42.6 Å². The fourth-order valence-corrected chi connectivity index (χ4v) is 3.58. The van der Waals surface area contributed by atoms with Gasteiger partial charge in [0.05, 0.1) is 12.5 Å². The molecule has 1 aliphatic heterocycles. The average molecular weight is 334 g/mol. The zero-order valence-corrected chi connectivity index (χ0v) is 14.6. The van der Waals surface area contributed by atoms with Crippen molar-refractivity contribution in [2.75, 3.05) is 25.1 Å². The summed E-state index contributed by atoms with van der Waals surface area (Å²) in [7, 11) is 1.70. The van der Waals surface area contributed by atoms with Gasteiger partial charge in [0, 0.05) is 19.3 Å². The summed E-state index contributed by atoms with van der Waals surface area (Å²) >= 11 is 0. The first-order valence-electron chi connectivity index (χ1n) is 8.70. The fraction of sp³-hybridized carbons (Fsp3) is 0.350. The molecular weight excluding hydrogens is 312 g/mol. The number of nitrogens with zero attached hydrogens (tertiary/aromatic N) is 4. The predicted octanol–water partition coefficient (Wildman–Crippen LogP) is 3.41. The molecule has 1 unspecified atom stereocenters. The number of rotatable bonds is 4. The van der Waals surface area contributed by atoms with Crippen molar-refractivity contribution in [1.29, 1.82) is 0 Å². The van der Waals surface area contributed by atoms with Gasteiger partial charge in [-0.1, -0.05) is 12.1 Å². The summed E-state index contributed by atoms with van der Waals surface area (Å²) in [5.41, 5.74) is 2.14. The molecule has 128 valence electrons. The molecule has 0 N–H and O–H groups in total. The van der Waals surface area contributed by atoms with E-state index in [9.17, 15) is 0 Å². The Morgan fingerprint density at radius 2 is 2.00 bits per heavy atom. The molecule has 1 aromatic carbocycles. The second kappa shape index (κ2) is 6.67. The van der Waals surface area contributed by atoms with E-state index < -0.39 is 0 Å². The van der Waals surface area contributed by atoms with E-state index in [1.54, 1.807) is 13.3 Å². The molecular formula is C20H22N4O. The van der Waals surface area contributed by atoms with E-state index in [1.165, 1.54) is 12.0 Å². The zero-order chi connectivity index (χ0) is 17.2. The van der Waals surface area contributed by atoms with Crippen molar-refractivity contribution < 1.29 is 4.74 Å². The van der Waals surface area contributed by atoms with E-state index >= 15 is 0 Å². The number of aromatic nitrogens is 3. The molecule has 0 bridgehead atoms. The number of ether oxygens (including phenoxy) is 1. The van der Waals surface area contributed by atoms with Crippen LogP contribution in [0.3, 0.4) is 0 Å². The first kappa shape index (κ1) is 15.8. The van der Waals surface area contributed by atoms with Crippen molar-refractivity contribution in [2.24, 2.45) is 5.92 Å². The molecule has 1 saturated heterocycles. The van der Waals surface area contributed by atoms with Crippen LogP contribution in [0.2, 0.25) is 0 Å². The minimum absolute atomic E-state index is 0.635. The number of benzene rings is 1. The Morgan fingerprint density at radius 1 is 1.16 bits per heavy atom. The van der Waals surface area contributed by atoms with Gasteiger partial charge in [0.1, 0.15) is 17.4 Å². The van der Waals surface area contributed by atoms with E-state index in [0.29, 0.717) is 5.92 Å². The molecule has 3 aromatic rings. The largest absolute Gasteiger partial charge is 0.497 e.